The molecule has 3 aromatic rings. The largest absolute Gasteiger partial charge is 0.497 e. The first-order valence-electron chi connectivity index (χ1n) is 13.7. The second-order valence-electron chi connectivity index (χ2n) is 11.2. The molecule has 0 radical (unpaired) electrons. The zero-order valence-electron chi connectivity index (χ0n) is 23.5. The van der Waals surface area contributed by atoms with Crippen molar-refractivity contribution in [2.75, 3.05) is 40.3 Å². The predicted molar refractivity (Wildman–Crippen MR) is 152 cm³/mol. The van der Waals surface area contributed by atoms with Gasteiger partial charge in [0.05, 0.1) is 34.6 Å². The van der Waals surface area contributed by atoms with Gasteiger partial charge in [-0.25, -0.2) is 13.4 Å². The fourth-order valence-electron chi connectivity index (χ4n) is 6.20. The van der Waals surface area contributed by atoms with Crippen LogP contribution in [0.15, 0.2) is 35.2 Å². The summed E-state index contributed by atoms with van der Waals surface area (Å²) in [5, 5.41) is 3.45. The number of rotatable bonds is 6. The summed E-state index contributed by atoms with van der Waals surface area (Å²) in [5.74, 6) is 1.11. The summed E-state index contributed by atoms with van der Waals surface area (Å²) < 4.78 is 34.0. The van der Waals surface area contributed by atoms with Crippen LogP contribution in [0.5, 0.6) is 5.75 Å². The molecule has 2 aliphatic heterocycles. The van der Waals surface area contributed by atoms with E-state index in [4.69, 9.17) is 9.72 Å². The second-order valence-corrected chi connectivity index (χ2v) is 13.1. The Bertz CT molecular complexity index is 1460. The van der Waals surface area contributed by atoms with Crippen LogP contribution >= 0.6 is 0 Å². The van der Waals surface area contributed by atoms with Crippen LogP contribution in [-0.2, 0) is 10.0 Å². The molecule has 1 aromatic heterocycles. The lowest BCUT2D eigenvalue weighted by molar-refractivity contribution is 0.0497. The molecule has 210 valence electrons. The second kappa shape index (κ2) is 10.6. The van der Waals surface area contributed by atoms with Crippen molar-refractivity contribution < 1.29 is 17.9 Å². The minimum absolute atomic E-state index is 0.00213. The number of benzene rings is 2. The molecule has 1 atom stereocenters. The molecule has 2 fully saturated rings. The summed E-state index contributed by atoms with van der Waals surface area (Å²) in [5.41, 5.74) is 3.48. The zero-order valence-corrected chi connectivity index (χ0v) is 24.3. The number of fused-ring (bicyclic) bond motifs is 1. The number of amides is 1. The number of H-pyrrole nitrogens is 1. The van der Waals surface area contributed by atoms with Crippen LogP contribution in [0.1, 0.15) is 66.0 Å². The number of carbonyl (C=O) groups excluding carboxylic acids is 1. The first kappa shape index (κ1) is 27.6. The molecule has 2 aliphatic rings. The normalized spacial score (nSPS) is 18.6. The average molecular weight is 554 g/mol. The SMILES string of the molecule is COc1cc(C)c(S(=O)(=O)N(C)C(C)c2nc3cccc(C(=O)N4CCC5(CCNCC5)CC4)c3[nH]2)c(C)c1. The van der Waals surface area contributed by atoms with Gasteiger partial charge in [-0.2, -0.15) is 4.31 Å². The van der Waals surface area contributed by atoms with Crippen molar-refractivity contribution in [1.82, 2.24) is 24.5 Å². The summed E-state index contributed by atoms with van der Waals surface area (Å²) >= 11 is 0. The Hall–Kier alpha value is -2.95. The van der Waals surface area contributed by atoms with Gasteiger partial charge in [-0.1, -0.05) is 6.07 Å². The first-order valence-corrected chi connectivity index (χ1v) is 15.1. The Morgan fingerprint density at radius 3 is 2.36 bits per heavy atom. The van der Waals surface area contributed by atoms with Crippen LogP contribution in [0.2, 0.25) is 0 Å². The van der Waals surface area contributed by atoms with E-state index < -0.39 is 16.1 Å². The number of aromatic nitrogens is 2. The predicted octanol–water partition coefficient (Wildman–Crippen LogP) is 4.18. The van der Waals surface area contributed by atoms with Gasteiger partial charge in [-0.05, 0) is 100 Å². The van der Waals surface area contributed by atoms with Gasteiger partial charge >= 0.3 is 0 Å². The van der Waals surface area contributed by atoms with Crippen molar-refractivity contribution in [2.24, 2.45) is 5.41 Å². The van der Waals surface area contributed by atoms with Crippen molar-refractivity contribution in [3.63, 3.8) is 0 Å². The van der Waals surface area contributed by atoms with Crippen LogP contribution in [0, 0.1) is 19.3 Å². The van der Waals surface area contributed by atoms with E-state index in [1.807, 2.05) is 23.1 Å². The highest BCUT2D eigenvalue weighted by Crippen LogP contribution is 2.40. The number of nitrogens with zero attached hydrogens (tertiary/aromatic N) is 3. The Morgan fingerprint density at radius 2 is 1.74 bits per heavy atom. The Balaban J connectivity index is 1.39. The molecule has 1 unspecified atom stereocenters. The van der Waals surface area contributed by atoms with E-state index in [1.165, 1.54) is 17.1 Å². The number of hydrogen-bond acceptors (Lipinski definition) is 6. The average Bonchev–Trinajstić information content (AvgIpc) is 3.37. The summed E-state index contributed by atoms with van der Waals surface area (Å²) in [7, 11) is -0.704. The van der Waals surface area contributed by atoms with Crippen LogP contribution in [0.4, 0.5) is 0 Å². The number of aryl methyl sites for hydroxylation is 2. The molecule has 2 N–H and O–H groups in total. The summed E-state index contributed by atoms with van der Waals surface area (Å²) in [6.45, 7) is 8.98. The third-order valence-corrected chi connectivity index (χ3v) is 11.0. The molecular formula is C29H39N5O4S. The highest BCUT2D eigenvalue weighted by molar-refractivity contribution is 7.89. The molecule has 3 heterocycles. The van der Waals surface area contributed by atoms with Crippen molar-refractivity contribution >= 4 is 27.0 Å². The number of imidazole rings is 1. The van der Waals surface area contributed by atoms with E-state index in [-0.39, 0.29) is 10.8 Å². The van der Waals surface area contributed by atoms with Gasteiger partial charge in [-0.15, -0.1) is 0 Å². The van der Waals surface area contributed by atoms with Crippen molar-refractivity contribution in [3.8, 4) is 5.75 Å². The topological polar surface area (TPSA) is 108 Å². The lowest BCUT2D eigenvalue weighted by atomic mass is 9.71. The fourth-order valence-corrected chi connectivity index (χ4v) is 7.93. The Labute approximate surface area is 231 Å². The molecule has 10 heteroatoms. The van der Waals surface area contributed by atoms with E-state index >= 15 is 0 Å². The van der Waals surface area contributed by atoms with Crippen LogP contribution in [0.25, 0.3) is 11.0 Å². The lowest BCUT2D eigenvalue weighted by Crippen LogP contribution is -2.47. The number of ether oxygens (including phenoxy) is 1. The summed E-state index contributed by atoms with van der Waals surface area (Å²) in [6, 6.07) is 8.40. The first-order chi connectivity index (χ1) is 18.6. The number of methoxy groups -OCH3 is 1. The molecule has 1 spiro atoms. The Morgan fingerprint density at radius 1 is 1.10 bits per heavy atom. The van der Waals surface area contributed by atoms with E-state index in [0.29, 0.717) is 44.7 Å². The smallest absolute Gasteiger partial charge is 0.256 e. The number of carbonyl (C=O) groups is 1. The Kier molecular flexibility index (Phi) is 7.47. The maximum atomic E-state index is 13.7. The number of nitrogens with one attached hydrogen (secondary N) is 2. The van der Waals surface area contributed by atoms with Gasteiger partial charge in [0.25, 0.3) is 5.91 Å². The van der Waals surface area contributed by atoms with E-state index in [0.717, 1.165) is 39.0 Å². The lowest BCUT2D eigenvalue weighted by Gasteiger charge is -2.44. The van der Waals surface area contributed by atoms with Crippen LogP contribution in [-0.4, -0.2) is 73.8 Å². The highest BCUT2D eigenvalue weighted by atomic mass is 32.2. The van der Waals surface area contributed by atoms with Crippen molar-refractivity contribution in [2.45, 2.75) is 57.4 Å². The maximum Gasteiger partial charge on any atom is 0.256 e. The van der Waals surface area contributed by atoms with Crippen molar-refractivity contribution in [3.05, 3.63) is 52.8 Å². The van der Waals surface area contributed by atoms with E-state index in [1.54, 1.807) is 47.1 Å². The third-order valence-electron chi connectivity index (χ3n) is 8.79. The monoisotopic (exact) mass is 553 g/mol. The van der Waals surface area contributed by atoms with Crippen LogP contribution < -0.4 is 10.1 Å². The summed E-state index contributed by atoms with van der Waals surface area (Å²) in [4.78, 5) is 23.8. The molecule has 2 aromatic carbocycles. The minimum atomic E-state index is -3.83. The number of hydrogen-bond donors (Lipinski definition) is 2. The number of aromatic amines is 1. The molecule has 0 aliphatic carbocycles. The highest BCUT2D eigenvalue weighted by Gasteiger charge is 2.37. The molecule has 0 saturated carbocycles. The van der Waals surface area contributed by atoms with Gasteiger partial charge < -0.3 is 19.9 Å². The van der Waals surface area contributed by atoms with Gasteiger partial charge in [0.2, 0.25) is 10.0 Å². The van der Waals surface area contributed by atoms with Crippen LogP contribution in [0.3, 0.4) is 0 Å². The zero-order chi connectivity index (χ0) is 27.9. The number of sulfonamides is 1. The van der Waals surface area contributed by atoms with Gasteiger partial charge in [0.15, 0.2) is 0 Å². The number of piperidine rings is 2. The molecule has 2 saturated heterocycles. The molecule has 0 bridgehead atoms. The number of para-hydroxylation sites is 1. The van der Waals surface area contributed by atoms with Gasteiger partial charge in [-0.3, -0.25) is 4.79 Å². The quantitative estimate of drug-likeness (QED) is 0.474. The van der Waals surface area contributed by atoms with Gasteiger partial charge in [0.1, 0.15) is 11.6 Å². The standard InChI is InChI=1S/C29H39N5O4S/c1-19-17-22(38-5)18-20(2)26(19)39(36,37)33(4)21(3)27-31-24-8-6-7-23(25(24)32-27)28(35)34-15-11-29(12-16-34)9-13-30-14-10-29/h6-8,17-18,21,30H,9-16H2,1-5H3,(H,31,32). The van der Waals surface area contributed by atoms with Gasteiger partial charge in [0, 0.05) is 20.1 Å². The minimum Gasteiger partial charge on any atom is -0.497 e. The summed E-state index contributed by atoms with van der Waals surface area (Å²) in [6.07, 6.45) is 4.43. The molecule has 9 nitrogen and oxygen atoms in total. The third kappa shape index (κ3) is 5.05. The molecular weight excluding hydrogens is 514 g/mol. The van der Waals surface area contributed by atoms with Crippen molar-refractivity contribution in [1.29, 1.82) is 0 Å². The number of likely N-dealkylation sites (tertiary alicyclic amines) is 1. The maximum absolute atomic E-state index is 13.7. The molecule has 1 amide bonds. The molecule has 39 heavy (non-hydrogen) atoms. The fraction of sp³-hybridized carbons (Fsp3) is 0.517. The van der Waals surface area contributed by atoms with E-state index in [2.05, 4.69) is 10.3 Å². The molecule has 5 rings (SSSR count). The van der Waals surface area contributed by atoms with E-state index in [9.17, 15) is 13.2 Å².